The summed E-state index contributed by atoms with van der Waals surface area (Å²) < 4.78 is 0. The molecule has 0 aliphatic heterocycles. The Hall–Kier alpha value is -1.15. The van der Waals surface area contributed by atoms with Crippen molar-refractivity contribution in [1.29, 1.82) is 0 Å². The summed E-state index contributed by atoms with van der Waals surface area (Å²) in [6, 6.07) is 10.6. The molecule has 0 saturated carbocycles. The lowest BCUT2D eigenvalue weighted by molar-refractivity contribution is -0.119. The first-order valence-electron chi connectivity index (χ1n) is 6.47. The lowest BCUT2D eigenvalue weighted by Gasteiger charge is -2.22. The molecule has 2 nitrogen and oxygen atoms in total. The first-order chi connectivity index (χ1) is 8.17. The SMILES string of the molecule is CCC(CC)NC(Cc1ccccc1)C(C)=O. The molecule has 0 radical (unpaired) electrons. The first-order valence-corrected chi connectivity index (χ1v) is 6.47. The van der Waals surface area contributed by atoms with E-state index in [4.69, 9.17) is 0 Å². The largest absolute Gasteiger partial charge is 0.304 e. The number of benzene rings is 1. The average molecular weight is 233 g/mol. The molecule has 1 aromatic carbocycles. The van der Waals surface area contributed by atoms with Crippen molar-refractivity contribution in [2.24, 2.45) is 0 Å². The predicted molar refractivity (Wildman–Crippen MR) is 72.1 cm³/mol. The molecule has 0 aliphatic rings. The van der Waals surface area contributed by atoms with Crippen LogP contribution < -0.4 is 5.32 Å². The van der Waals surface area contributed by atoms with Gasteiger partial charge in [0.25, 0.3) is 0 Å². The molecule has 0 spiro atoms. The smallest absolute Gasteiger partial charge is 0.147 e. The third-order valence-corrected chi connectivity index (χ3v) is 3.20. The van der Waals surface area contributed by atoms with Gasteiger partial charge in [0.1, 0.15) is 5.78 Å². The zero-order chi connectivity index (χ0) is 12.7. The molecule has 0 heterocycles. The third-order valence-electron chi connectivity index (χ3n) is 3.20. The quantitative estimate of drug-likeness (QED) is 0.784. The molecule has 2 heteroatoms. The number of hydrogen-bond acceptors (Lipinski definition) is 2. The average Bonchev–Trinajstić information content (AvgIpc) is 2.35. The van der Waals surface area contributed by atoms with Gasteiger partial charge in [0, 0.05) is 6.04 Å². The highest BCUT2D eigenvalue weighted by atomic mass is 16.1. The van der Waals surface area contributed by atoms with Crippen molar-refractivity contribution >= 4 is 5.78 Å². The van der Waals surface area contributed by atoms with E-state index < -0.39 is 0 Å². The van der Waals surface area contributed by atoms with Gasteiger partial charge in [0.05, 0.1) is 6.04 Å². The van der Waals surface area contributed by atoms with Crippen molar-refractivity contribution in [3.8, 4) is 0 Å². The minimum atomic E-state index is -0.0534. The lowest BCUT2D eigenvalue weighted by atomic mass is 10.0. The van der Waals surface area contributed by atoms with E-state index in [2.05, 4.69) is 31.3 Å². The topological polar surface area (TPSA) is 29.1 Å². The van der Waals surface area contributed by atoms with Crippen molar-refractivity contribution in [3.05, 3.63) is 35.9 Å². The molecule has 0 aliphatic carbocycles. The third kappa shape index (κ3) is 4.70. The van der Waals surface area contributed by atoms with E-state index >= 15 is 0 Å². The Kier molecular flexibility index (Phi) is 5.92. The number of ketones is 1. The monoisotopic (exact) mass is 233 g/mol. The second-order valence-corrected chi connectivity index (χ2v) is 4.53. The fourth-order valence-corrected chi connectivity index (χ4v) is 1.98. The maximum absolute atomic E-state index is 11.7. The fourth-order valence-electron chi connectivity index (χ4n) is 1.98. The van der Waals surface area contributed by atoms with E-state index in [-0.39, 0.29) is 11.8 Å². The maximum atomic E-state index is 11.7. The van der Waals surface area contributed by atoms with Gasteiger partial charge in [-0.25, -0.2) is 0 Å². The van der Waals surface area contributed by atoms with Gasteiger partial charge in [0.2, 0.25) is 0 Å². The van der Waals surface area contributed by atoms with Gasteiger partial charge in [0.15, 0.2) is 0 Å². The molecule has 0 saturated heterocycles. The van der Waals surface area contributed by atoms with Gasteiger partial charge < -0.3 is 5.32 Å². The second kappa shape index (κ2) is 7.23. The van der Waals surface area contributed by atoms with Gasteiger partial charge in [-0.15, -0.1) is 0 Å². The molecule has 1 atom stereocenters. The number of carbonyl (C=O) groups is 1. The van der Waals surface area contributed by atoms with Crippen molar-refractivity contribution in [2.75, 3.05) is 0 Å². The standard InChI is InChI=1S/C15H23NO/c1-4-14(5-2)16-15(12(3)17)11-13-9-7-6-8-10-13/h6-10,14-16H,4-5,11H2,1-3H3. The van der Waals surface area contributed by atoms with E-state index in [0.717, 1.165) is 19.3 Å². The zero-order valence-electron chi connectivity index (χ0n) is 11.1. The van der Waals surface area contributed by atoms with E-state index in [0.29, 0.717) is 6.04 Å². The van der Waals surface area contributed by atoms with Gasteiger partial charge >= 0.3 is 0 Å². The highest BCUT2D eigenvalue weighted by Gasteiger charge is 2.17. The Bertz CT molecular complexity index is 330. The van der Waals surface area contributed by atoms with Crippen LogP contribution in [0.25, 0.3) is 0 Å². The minimum Gasteiger partial charge on any atom is -0.304 e. The van der Waals surface area contributed by atoms with Gasteiger partial charge in [-0.05, 0) is 31.7 Å². The number of nitrogens with one attached hydrogen (secondary N) is 1. The van der Waals surface area contributed by atoms with Crippen LogP contribution in [0.1, 0.15) is 39.2 Å². The summed E-state index contributed by atoms with van der Waals surface area (Å²) >= 11 is 0. The Morgan fingerprint density at radius 1 is 1.18 bits per heavy atom. The Labute approximate surface area is 104 Å². The molecule has 0 amide bonds. The summed E-state index contributed by atoms with van der Waals surface area (Å²) in [5, 5.41) is 3.45. The van der Waals surface area contributed by atoms with Gasteiger partial charge in [-0.2, -0.15) is 0 Å². The van der Waals surface area contributed by atoms with Crippen LogP contribution in [0.15, 0.2) is 30.3 Å². The van der Waals surface area contributed by atoms with Crippen LogP contribution in [0.4, 0.5) is 0 Å². The number of rotatable bonds is 7. The normalized spacial score (nSPS) is 12.7. The Morgan fingerprint density at radius 3 is 2.24 bits per heavy atom. The number of carbonyl (C=O) groups excluding carboxylic acids is 1. The minimum absolute atomic E-state index is 0.0534. The predicted octanol–water partition coefficient (Wildman–Crippen LogP) is 2.96. The summed E-state index contributed by atoms with van der Waals surface area (Å²) in [6.45, 7) is 5.98. The molecule has 1 unspecified atom stereocenters. The molecule has 0 bridgehead atoms. The molecule has 17 heavy (non-hydrogen) atoms. The summed E-state index contributed by atoms with van der Waals surface area (Å²) in [7, 11) is 0. The van der Waals surface area contributed by atoms with Crippen LogP contribution in [-0.4, -0.2) is 17.9 Å². The van der Waals surface area contributed by atoms with Gasteiger partial charge in [-0.1, -0.05) is 44.2 Å². The van der Waals surface area contributed by atoms with E-state index in [1.165, 1.54) is 5.56 Å². The van der Waals surface area contributed by atoms with Crippen molar-refractivity contribution in [2.45, 2.75) is 52.1 Å². The van der Waals surface area contributed by atoms with E-state index in [9.17, 15) is 4.79 Å². The van der Waals surface area contributed by atoms with Crippen LogP contribution in [0.2, 0.25) is 0 Å². The fraction of sp³-hybridized carbons (Fsp3) is 0.533. The Morgan fingerprint density at radius 2 is 1.76 bits per heavy atom. The first kappa shape index (κ1) is 13.9. The van der Waals surface area contributed by atoms with Crippen LogP contribution in [0, 0.1) is 0 Å². The van der Waals surface area contributed by atoms with Crippen molar-refractivity contribution in [3.63, 3.8) is 0 Å². The molecular weight excluding hydrogens is 210 g/mol. The number of Topliss-reactive ketones (excluding diaryl/α,β-unsaturated/α-hetero) is 1. The summed E-state index contributed by atoms with van der Waals surface area (Å²) in [5.74, 6) is 0.223. The van der Waals surface area contributed by atoms with Crippen LogP contribution in [-0.2, 0) is 11.2 Å². The molecule has 0 aromatic heterocycles. The molecule has 1 rings (SSSR count). The van der Waals surface area contributed by atoms with E-state index in [1.54, 1.807) is 6.92 Å². The Balaban J connectivity index is 2.64. The summed E-state index contributed by atoms with van der Waals surface area (Å²) in [5.41, 5.74) is 1.21. The molecule has 0 fully saturated rings. The van der Waals surface area contributed by atoms with Crippen LogP contribution in [0.3, 0.4) is 0 Å². The molecule has 94 valence electrons. The van der Waals surface area contributed by atoms with Crippen molar-refractivity contribution < 1.29 is 4.79 Å². The molecule has 1 N–H and O–H groups in total. The number of hydrogen-bond donors (Lipinski definition) is 1. The summed E-state index contributed by atoms with van der Waals surface area (Å²) in [4.78, 5) is 11.7. The van der Waals surface area contributed by atoms with Gasteiger partial charge in [-0.3, -0.25) is 4.79 Å². The van der Waals surface area contributed by atoms with Crippen LogP contribution in [0.5, 0.6) is 0 Å². The second-order valence-electron chi connectivity index (χ2n) is 4.53. The van der Waals surface area contributed by atoms with Crippen molar-refractivity contribution in [1.82, 2.24) is 5.32 Å². The summed E-state index contributed by atoms with van der Waals surface area (Å²) in [6.07, 6.45) is 2.91. The highest BCUT2D eigenvalue weighted by molar-refractivity contribution is 5.81. The molecule has 1 aromatic rings. The maximum Gasteiger partial charge on any atom is 0.147 e. The van der Waals surface area contributed by atoms with Crippen LogP contribution >= 0.6 is 0 Å². The zero-order valence-corrected chi connectivity index (χ0v) is 11.1. The highest BCUT2D eigenvalue weighted by Crippen LogP contribution is 2.07. The lowest BCUT2D eigenvalue weighted by Crippen LogP contribution is -2.43. The van der Waals surface area contributed by atoms with E-state index in [1.807, 2.05) is 18.2 Å². The molecular formula is C15H23NO.